The lowest BCUT2D eigenvalue weighted by Gasteiger charge is -2.20. The quantitative estimate of drug-likeness (QED) is 0.796. The lowest BCUT2D eigenvalue weighted by atomic mass is 10.2. The summed E-state index contributed by atoms with van der Waals surface area (Å²) in [4.78, 5) is 14.2. The van der Waals surface area contributed by atoms with Crippen molar-refractivity contribution in [2.75, 3.05) is 23.3 Å². The maximum absolute atomic E-state index is 12.6. The third kappa shape index (κ3) is 4.04. The molecule has 1 heterocycles. The summed E-state index contributed by atoms with van der Waals surface area (Å²) in [5.41, 5.74) is 1.22. The number of aromatic nitrogens is 2. The van der Waals surface area contributed by atoms with E-state index in [2.05, 4.69) is 22.4 Å². The standard InChI is InChI=1S/C17H22N4O/c1-3-5-13-18-16-12-11-15(19-20-16)17(22)21(4-2)14-9-7-6-8-10-14/h6-12H,3-5,13H2,1-2H3,(H,18,20). The highest BCUT2D eigenvalue weighted by atomic mass is 16.2. The molecular weight excluding hydrogens is 276 g/mol. The predicted octanol–water partition coefficient (Wildman–Crippen LogP) is 3.36. The summed E-state index contributed by atoms with van der Waals surface area (Å²) in [6.45, 7) is 5.53. The second-order valence-electron chi connectivity index (χ2n) is 4.97. The molecule has 0 aliphatic carbocycles. The van der Waals surface area contributed by atoms with E-state index in [0.717, 1.165) is 25.1 Å². The topological polar surface area (TPSA) is 58.1 Å². The van der Waals surface area contributed by atoms with Gasteiger partial charge in [-0.15, -0.1) is 10.2 Å². The summed E-state index contributed by atoms with van der Waals surface area (Å²) in [6.07, 6.45) is 2.21. The summed E-state index contributed by atoms with van der Waals surface area (Å²) in [5, 5.41) is 11.3. The van der Waals surface area contributed by atoms with Crippen molar-refractivity contribution in [2.45, 2.75) is 26.7 Å². The Kier molecular flexibility index (Phi) is 5.89. The molecule has 0 atom stereocenters. The van der Waals surface area contributed by atoms with Gasteiger partial charge in [0.1, 0.15) is 5.82 Å². The number of hydrogen-bond donors (Lipinski definition) is 1. The van der Waals surface area contributed by atoms with Gasteiger partial charge in [-0.05, 0) is 37.6 Å². The zero-order chi connectivity index (χ0) is 15.8. The Morgan fingerprint density at radius 1 is 1.09 bits per heavy atom. The van der Waals surface area contributed by atoms with Gasteiger partial charge in [0, 0.05) is 18.8 Å². The Bertz CT molecular complexity index is 583. The molecule has 0 bridgehead atoms. The average Bonchev–Trinajstić information content (AvgIpc) is 2.57. The molecule has 0 aliphatic heterocycles. The lowest BCUT2D eigenvalue weighted by Crippen LogP contribution is -2.31. The highest BCUT2D eigenvalue weighted by Gasteiger charge is 2.17. The molecule has 1 aromatic heterocycles. The molecule has 1 aromatic carbocycles. The smallest absolute Gasteiger partial charge is 0.278 e. The number of nitrogens with one attached hydrogen (secondary N) is 1. The summed E-state index contributed by atoms with van der Waals surface area (Å²) in [6, 6.07) is 13.1. The number of carbonyl (C=O) groups is 1. The largest absolute Gasteiger partial charge is 0.369 e. The first-order valence-corrected chi connectivity index (χ1v) is 7.70. The van der Waals surface area contributed by atoms with Crippen molar-refractivity contribution in [3.8, 4) is 0 Å². The van der Waals surface area contributed by atoms with Crippen molar-refractivity contribution in [3.05, 3.63) is 48.2 Å². The number of anilines is 2. The van der Waals surface area contributed by atoms with Crippen LogP contribution in [0, 0.1) is 0 Å². The first-order chi connectivity index (χ1) is 10.8. The summed E-state index contributed by atoms with van der Waals surface area (Å²) in [7, 11) is 0. The molecule has 0 aliphatic rings. The minimum absolute atomic E-state index is 0.138. The normalized spacial score (nSPS) is 10.3. The molecule has 0 radical (unpaired) electrons. The van der Waals surface area contributed by atoms with E-state index >= 15 is 0 Å². The number of nitrogens with zero attached hydrogens (tertiary/aromatic N) is 3. The predicted molar refractivity (Wildman–Crippen MR) is 89.2 cm³/mol. The molecular formula is C17H22N4O. The number of rotatable bonds is 7. The molecule has 0 saturated carbocycles. The van der Waals surface area contributed by atoms with Crippen molar-refractivity contribution in [2.24, 2.45) is 0 Å². The van der Waals surface area contributed by atoms with Crippen LogP contribution in [0.5, 0.6) is 0 Å². The summed E-state index contributed by atoms with van der Waals surface area (Å²) < 4.78 is 0. The van der Waals surface area contributed by atoms with Crippen molar-refractivity contribution in [1.82, 2.24) is 10.2 Å². The molecule has 0 saturated heterocycles. The van der Waals surface area contributed by atoms with Crippen LogP contribution >= 0.6 is 0 Å². The van der Waals surface area contributed by atoms with E-state index in [4.69, 9.17) is 0 Å². The maximum Gasteiger partial charge on any atom is 0.278 e. The van der Waals surface area contributed by atoms with E-state index in [-0.39, 0.29) is 5.91 Å². The molecule has 5 nitrogen and oxygen atoms in total. The maximum atomic E-state index is 12.6. The van der Waals surface area contributed by atoms with Crippen molar-refractivity contribution in [1.29, 1.82) is 0 Å². The Morgan fingerprint density at radius 2 is 1.86 bits per heavy atom. The van der Waals surface area contributed by atoms with Crippen LogP contribution in [0.25, 0.3) is 0 Å². The molecule has 0 unspecified atom stereocenters. The van der Waals surface area contributed by atoms with Crippen LogP contribution in [0.3, 0.4) is 0 Å². The number of hydrogen-bond acceptors (Lipinski definition) is 4. The molecule has 1 amide bonds. The van der Waals surface area contributed by atoms with Gasteiger partial charge in [-0.3, -0.25) is 4.79 Å². The average molecular weight is 298 g/mol. The third-order valence-corrected chi connectivity index (χ3v) is 3.35. The number of amides is 1. The van der Waals surface area contributed by atoms with Gasteiger partial charge in [-0.25, -0.2) is 0 Å². The second kappa shape index (κ2) is 8.12. The van der Waals surface area contributed by atoms with Gasteiger partial charge in [0.05, 0.1) is 0 Å². The van der Waals surface area contributed by atoms with Gasteiger partial charge in [0.15, 0.2) is 5.69 Å². The Hall–Kier alpha value is -2.43. The van der Waals surface area contributed by atoms with E-state index in [9.17, 15) is 4.79 Å². The Balaban J connectivity index is 2.08. The molecule has 5 heteroatoms. The molecule has 2 aromatic rings. The minimum atomic E-state index is -0.138. The molecule has 0 fully saturated rings. The first-order valence-electron chi connectivity index (χ1n) is 7.70. The van der Waals surface area contributed by atoms with Gasteiger partial charge in [-0.1, -0.05) is 31.5 Å². The zero-order valence-electron chi connectivity index (χ0n) is 13.1. The fourth-order valence-corrected chi connectivity index (χ4v) is 2.12. The van der Waals surface area contributed by atoms with Gasteiger partial charge >= 0.3 is 0 Å². The van der Waals surface area contributed by atoms with Gasteiger partial charge in [0.2, 0.25) is 0 Å². The fraction of sp³-hybridized carbons (Fsp3) is 0.353. The van der Waals surface area contributed by atoms with Gasteiger partial charge in [0.25, 0.3) is 5.91 Å². The van der Waals surface area contributed by atoms with Gasteiger partial charge in [-0.2, -0.15) is 0 Å². The Labute approximate surface area is 131 Å². The van der Waals surface area contributed by atoms with E-state index in [0.29, 0.717) is 18.1 Å². The van der Waals surface area contributed by atoms with Crippen molar-refractivity contribution < 1.29 is 4.79 Å². The van der Waals surface area contributed by atoms with Crippen LogP contribution in [0.1, 0.15) is 37.2 Å². The minimum Gasteiger partial charge on any atom is -0.369 e. The van der Waals surface area contributed by atoms with E-state index < -0.39 is 0 Å². The highest BCUT2D eigenvalue weighted by molar-refractivity contribution is 6.04. The monoisotopic (exact) mass is 298 g/mol. The number of unbranched alkanes of at least 4 members (excludes halogenated alkanes) is 1. The van der Waals surface area contributed by atoms with E-state index in [1.54, 1.807) is 17.0 Å². The molecule has 0 spiro atoms. The lowest BCUT2D eigenvalue weighted by molar-refractivity contribution is 0.0982. The van der Waals surface area contributed by atoms with Crippen LogP contribution in [0.15, 0.2) is 42.5 Å². The van der Waals surface area contributed by atoms with Crippen molar-refractivity contribution >= 4 is 17.4 Å². The SMILES string of the molecule is CCCCNc1ccc(C(=O)N(CC)c2ccccc2)nn1. The number of benzene rings is 1. The third-order valence-electron chi connectivity index (χ3n) is 3.35. The van der Waals surface area contributed by atoms with Crippen LogP contribution < -0.4 is 10.2 Å². The molecule has 116 valence electrons. The van der Waals surface area contributed by atoms with Crippen LogP contribution in [-0.4, -0.2) is 29.2 Å². The molecule has 1 N–H and O–H groups in total. The summed E-state index contributed by atoms with van der Waals surface area (Å²) >= 11 is 0. The highest BCUT2D eigenvalue weighted by Crippen LogP contribution is 2.16. The fourth-order valence-electron chi connectivity index (χ4n) is 2.12. The molecule has 2 rings (SSSR count). The van der Waals surface area contributed by atoms with E-state index in [1.165, 1.54) is 0 Å². The zero-order valence-corrected chi connectivity index (χ0v) is 13.1. The van der Waals surface area contributed by atoms with Crippen LogP contribution in [-0.2, 0) is 0 Å². The first kappa shape index (κ1) is 15.9. The second-order valence-corrected chi connectivity index (χ2v) is 4.97. The number of carbonyl (C=O) groups excluding carboxylic acids is 1. The van der Waals surface area contributed by atoms with Gasteiger partial charge < -0.3 is 10.2 Å². The van der Waals surface area contributed by atoms with Crippen molar-refractivity contribution in [3.63, 3.8) is 0 Å². The summed E-state index contributed by atoms with van der Waals surface area (Å²) in [5.74, 6) is 0.564. The molecule has 22 heavy (non-hydrogen) atoms. The van der Waals surface area contributed by atoms with Crippen LogP contribution in [0.2, 0.25) is 0 Å². The Morgan fingerprint density at radius 3 is 2.45 bits per heavy atom. The van der Waals surface area contributed by atoms with E-state index in [1.807, 2.05) is 37.3 Å². The number of para-hydroxylation sites is 1. The van der Waals surface area contributed by atoms with Crippen LogP contribution in [0.4, 0.5) is 11.5 Å².